The Morgan fingerprint density at radius 2 is 2.29 bits per heavy atom. The molecule has 17 heavy (non-hydrogen) atoms. The van der Waals surface area contributed by atoms with Crippen molar-refractivity contribution in [3.63, 3.8) is 0 Å². The van der Waals surface area contributed by atoms with Gasteiger partial charge in [-0.05, 0) is 30.7 Å². The van der Waals surface area contributed by atoms with E-state index < -0.39 is 6.04 Å². The van der Waals surface area contributed by atoms with E-state index in [1.165, 1.54) is 0 Å². The van der Waals surface area contributed by atoms with Crippen LogP contribution in [0, 0.1) is 0 Å². The van der Waals surface area contributed by atoms with Crippen molar-refractivity contribution in [3.8, 4) is 0 Å². The molecule has 1 amide bonds. The number of benzene rings is 1. The summed E-state index contributed by atoms with van der Waals surface area (Å²) in [5, 5.41) is 3.79. The molecular formula is C13H15N3O. The first-order chi connectivity index (χ1) is 8.20. The lowest BCUT2D eigenvalue weighted by Gasteiger charge is -2.10. The SMILES string of the molecule is CCC(N)C(=O)Nc1ccc2ncccc2c1. The third-order valence-corrected chi connectivity index (χ3v) is 2.65. The molecule has 4 heteroatoms. The maximum Gasteiger partial charge on any atom is 0.241 e. The van der Waals surface area contributed by atoms with Crippen LogP contribution in [0.5, 0.6) is 0 Å². The lowest BCUT2D eigenvalue weighted by atomic mass is 10.2. The fraction of sp³-hybridized carbons (Fsp3) is 0.231. The third kappa shape index (κ3) is 2.60. The summed E-state index contributed by atoms with van der Waals surface area (Å²) in [5.41, 5.74) is 7.31. The molecule has 88 valence electrons. The first kappa shape index (κ1) is 11.5. The zero-order valence-corrected chi connectivity index (χ0v) is 9.68. The molecular weight excluding hydrogens is 214 g/mol. The molecule has 0 saturated heterocycles. The molecule has 1 unspecified atom stereocenters. The van der Waals surface area contributed by atoms with E-state index in [0.29, 0.717) is 6.42 Å². The van der Waals surface area contributed by atoms with Gasteiger partial charge in [0.1, 0.15) is 0 Å². The van der Waals surface area contributed by atoms with Crippen molar-refractivity contribution in [2.45, 2.75) is 19.4 Å². The van der Waals surface area contributed by atoms with Gasteiger partial charge in [0.05, 0.1) is 11.6 Å². The van der Waals surface area contributed by atoms with Crippen LogP contribution < -0.4 is 11.1 Å². The first-order valence-corrected chi connectivity index (χ1v) is 5.62. The standard InChI is InChI=1S/C13H15N3O/c1-2-11(14)13(17)16-10-5-6-12-9(8-10)4-3-7-15-12/h3-8,11H,2,14H2,1H3,(H,16,17). The van der Waals surface area contributed by atoms with E-state index in [9.17, 15) is 4.79 Å². The Morgan fingerprint density at radius 3 is 3.06 bits per heavy atom. The fourth-order valence-electron chi connectivity index (χ4n) is 1.57. The van der Waals surface area contributed by atoms with Crippen LogP contribution in [0.2, 0.25) is 0 Å². The highest BCUT2D eigenvalue weighted by Crippen LogP contribution is 2.17. The number of carbonyl (C=O) groups is 1. The highest BCUT2D eigenvalue weighted by atomic mass is 16.2. The Balaban J connectivity index is 2.22. The number of rotatable bonds is 3. The molecule has 4 nitrogen and oxygen atoms in total. The topological polar surface area (TPSA) is 68.0 Å². The number of fused-ring (bicyclic) bond motifs is 1. The summed E-state index contributed by atoms with van der Waals surface area (Å²) in [5.74, 6) is -0.157. The van der Waals surface area contributed by atoms with E-state index in [-0.39, 0.29) is 5.91 Å². The minimum Gasteiger partial charge on any atom is -0.325 e. The molecule has 2 rings (SSSR count). The number of nitrogens with zero attached hydrogens (tertiary/aromatic N) is 1. The molecule has 1 aromatic carbocycles. The summed E-state index contributed by atoms with van der Waals surface area (Å²) in [6.45, 7) is 1.88. The monoisotopic (exact) mass is 229 g/mol. The number of pyridine rings is 1. The predicted molar refractivity (Wildman–Crippen MR) is 68.6 cm³/mol. The number of nitrogens with two attached hydrogens (primary N) is 1. The van der Waals surface area contributed by atoms with Crippen LogP contribution in [-0.4, -0.2) is 16.9 Å². The summed E-state index contributed by atoms with van der Waals surface area (Å²) in [7, 11) is 0. The molecule has 0 aliphatic rings. The molecule has 0 saturated carbocycles. The van der Waals surface area contributed by atoms with Gasteiger partial charge in [0.25, 0.3) is 0 Å². The van der Waals surface area contributed by atoms with Crippen LogP contribution in [0.15, 0.2) is 36.5 Å². The third-order valence-electron chi connectivity index (χ3n) is 2.65. The van der Waals surface area contributed by atoms with E-state index in [4.69, 9.17) is 5.73 Å². The Bertz CT molecular complexity index is 539. The number of anilines is 1. The van der Waals surface area contributed by atoms with E-state index in [2.05, 4.69) is 10.3 Å². The quantitative estimate of drug-likeness (QED) is 0.844. The van der Waals surface area contributed by atoms with Gasteiger partial charge in [-0.25, -0.2) is 0 Å². The molecule has 0 aliphatic heterocycles. The molecule has 3 N–H and O–H groups in total. The Labute approximate surface area is 99.8 Å². The van der Waals surface area contributed by atoms with Crippen molar-refractivity contribution in [2.24, 2.45) is 5.73 Å². The van der Waals surface area contributed by atoms with E-state index in [1.807, 2.05) is 37.3 Å². The van der Waals surface area contributed by atoms with Gasteiger partial charge in [0, 0.05) is 17.3 Å². The van der Waals surface area contributed by atoms with Gasteiger partial charge >= 0.3 is 0 Å². The maximum absolute atomic E-state index is 11.6. The molecule has 2 aromatic rings. The van der Waals surface area contributed by atoms with Gasteiger partial charge < -0.3 is 11.1 Å². The van der Waals surface area contributed by atoms with Crippen LogP contribution in [0.1, 0.15) is 13.3 Å². The van der Waals surface area contributed by atoms with Gasteiger partial charge in [-0.15, -0.1) is 0 Å². The number of hydrogen-bond acceptors (Lipinski definition) is 3. The van der Waals surface area contributed by atoms with Crippen molar-refractivity contribution < 1.29 is 4.79 Å². The Kier molecular flexibility index (Phi) is 3.35. The number of carbonyl (C=O) groups excluding carboxylic acids is 1. The smallest absolute Gasteiger partial charge is 0.241 e. The number of hydrogen-bond donors (Lipinski definition) is 2. The van der Waals surface area contributed by atoms with E-state index in [1.54, 1.807) is 6.20 Å². The normalized spacial score (nSPS) is 12.4. The molecule has 1 heterocycles. The molecule has 0 spiro atoms. The maximum atomic E-state index is 11.6. The van der Waals surface area contributed by atoms with E-state index >= 15 is 0 Å². The van der Waals surface area contributed by atoms with Gasteiger partial charge in [-0.1, -0.05) is 13.0 Å². The van der Waals surface area contributed by atoms with Crippen molar-refractivity contribution in [1.82, 2.24) is 4.98 Å². The summed E-state index contributed by atoms with van der Waals surface area (Å²) < 4.78 is 0. The second-order valence-electron chi connectivity index (χ2n) is 3.91. The van der Waals surface area contributed by atoms with Gasteiger partial charge in [0.15, 0.2) is 0 Å². The first-order valence-electron chi connectivity index (χ1n) is 5.62. The predicted octanol–water partition coefficient (Wildman–Crippen LogP) is 1.91. The average molecular weight is 229 g/mol. The second-order valence-corrected chi connectivity index (χ2v) is 3.91. The molecule has 0 radical (unpaired) electrons. The van der Waals surface area contributed by atoms with Gasteiger partial charge in [0.2, 0.25) is 5.91 Å². The number of nitrogens with one attached hydrogen (secondary N) is 1. The van der Waals surface area contributed by atoms with Gasteiger partial charge in [-0.2, -0.15) is 0 Å². The fourth-order valence-corrected chi connectivity index (χ4v) is 1.57. The lowest BCUT2D eigenvalue weighted by molar-refractivity contribution is -0.117. The average Bonchev–Trinajstić information content (AvgIpc) is 2.37. The number of aromatic nitrogens is 1. The number of amides is 1. The molecule has 1 aromatic heterocycles. The Morgan fingerprint density at radius 1 is 1.47 bits per heavy atom. The molecule has 1 atom stereocenters. The highest BCUT2D eigenvalue weighted by Gasteiger charge is 2.10. The van der Waals surface area contributed by atoms with Crippen LogP contribution in [0.25, 0.3) is 10.9 Å². The van der Waals surface area contributed by atoms with Crippen molar-refractivity contribution in [1.29, 1.82) is 0 Å². The van der Waals surface area contributed by atoms with Crippen LogP contribution in [0.4, 0.5) is 5.69 Å². The van der Waals surface area contributed by atoms with Gasteiger partial charge in [-0.3, -0.25) is 9.78 Å². The van der Waals surface area contributed by atoms with Crippen molar-refractivity contribution in [2.75, 3.05) is 5.32 Å². The zero-order valence-electron chi connectivity index (χ0n) is 9.68. The van der Waals surface area contributed by atoms with Crippen molar-refractivity contribution in [3.05, 3.63) is 36.5 Å². The molecule has 0 aliphatic carbocycles. The highest BCUT2D eigenvalue weighted by molar-refractivity contribution is 5.96. The lowest BCUT2D eigenvalue weighted by Crippen LogP contribution is -2.34. The largest absolute Gasteiger partial charge is 0.325 e. The summed E-state index contributed by atoms with van der Waals surface area (Å²) in [4.78, 5) is 15.8. The zero-order chi connectivity index (χ0) is 12.3. The second kappa shape index (κ2) is 4.93. The van der Waals surface area contributed by atoms with Crippen LogP contribution in [-0.2, 0) is 4.79 Å². The molecule has 0 fully saturated rings. The summed E-state index contributed by atoms with van der Waals surface area (Å²) in [6, 6.07) is 8.96. The minimum atomic E-state index is -0.459. The summed E-state index contributed by atoms with van der Waals surface area (Å²) in [6.07, 6.45) is 2.37. The van der Waals surface area contributed by atoms with Crippen LogP contribution in [0.3, 0.4) is 0 Å². The minimum absolute atomic E-state index is 0.157. The molecule has 0 bridgehead atoms. The Hall–Kier alpha value is -1.94. The van der Waals surface area contributed by atoms with Crippen LogP contribution >= 0.6 is 0 Å². The summed E-state index contributed by atoms with van der Waals surface area (Å²) >= 11 is 0. The van der Waals surface area contributed by atoms with Crippen molar-refractivity contribution >= 4 is 22.5 Å². The van der Waals surface area contributed by atoms with E-state index in [0.717, 1.165) is 16.6 Å².